The van der Waals surface area contributed by atoms with Crippen molar-refractivity contribution in [3.63, 3.8) is 0 Å². The van der Waals surface area contributed by atoms with Crippen LogP contribution in [0.3, 0.4) is 0 Å². The van der Waals surface area contributed by atoms with Crippen LogP contribution in [0, 0.1) is 0 Å². The molecule has 0 unspecified atom stereocenters. The van der Waals surface area contributed by atoms with E-state index in [0.29, 0.717) is 0 Å². The summed E-state index contributed by atoms with van der Waals surface area (Å²) in [5.74, 6) is -0.260. The lowest BCUT2D eigenvalue weighted by Gasteiger charge is -2.39. The van der Waals surface area contributed by atoms with E-state index in [9.17, 15) is 4.79 Å². The molecule has 0 amide bonds. The lowest BCUT2D eigenvalue weighted by Crippen LogP contribution is -2.11. The van der Waals surface area contributed by atoms with E-state index >= 15 is 0 Å². The summed E-state index contributed by atoms with van der Waals surface area (Å²) in [6, 6.07) is 27.6. The number of benzene rings is 3. The lowest BCUT2D eigenvalue weighted by atomic mass is 10.1. The highest BCUT2D eigenvalue weighted by molar-refractivity contribution is 8.30. The third-order valence-corrected chi connectivity index (χ3v) is 8.76. The number of rotatable bonds is 10. The van der Waals surface area contributed by atoms with Gasteiger partial charge < -0.3 is 4.18 Å². The van der Waals surface area contributed by atoms with Gasteiger partial charge in [0.15, 0.2) is 0 Å². The zero-order valence-electron chi connectivity index (χ0n) is 19.0. The monoisotopic (exact) mass is 434 g/mol. The smallest absolute Gasteiger partial charge is 0.313 e. The zero-order chi connectivity index (χ0) is 22.1. The molecule has 0 aliphatic heterocycles. The number of carbonyl (C=O) groups excluding carboxylic acids is 1. The Hall–Kier alpha value is -2.52. The third-order valence-electron chi connectivity index (χ3n) is 5.47. The highest BCUT2D eigenvalue weighted by atomic mass is 32.3. The second kappa shape index (κ2) is 11.2. The summed E-state index contributed by atoms with van der Waals surface area (Å²) in [7, 11) is -2.16. The van der Waals surface area contributed by atoms with E-state index in [1.165, 1.54) is 43.7 Å². The van der Waals surface area contributed by atoms with Gasteiger partial charge >= 0.3 is 5.97 Å². The third kappa shape index (κ3) is 5.59. The molecule has 164 valence electrons. The van der Waals surface area contributed by atoms with E-state index in [2.05, 4.69) is 74.5 Å². The summed E-state index contributed by atoms with van der Waals surface area (Å²) in [5.41, 5.74) is 2.65. The number of unbranched alkanes of at least 4 members (excludes halogenated alkanes) is 2. The molecule has 0 atom stereocenters. The van der Waals surface area contributed by atoms with E-state index in [1.807, 2.05) is 18.2 Å². The van der Waals surface area contributed by atoms with Crippen LogP contribution in [0.1, 0.15) is 57.6 Å². The van der Waals surface area contributed by atoms with Crippen LogP contribution < -0.4 is 0 Å². The molecule has 0 radical (unpaired) electrons. The maximum atomic E-state index is 12.4. The van der Waals surface area contributed by atoms with Crippen LogP contribution in [-0.2, 0) is 21.8 Å². The summed E-state index contributed by atoms with van der Waals surface area (Å²) < 4.78 is 6.28. The maximum absolute atomic E-state index is 12.4. The summed E-state index contributed by atoms with van der Waals surface area (Å²) in [6.07, 6.45) is 6.87. The van der Waals surface area contributed by atoms with Crippen LogP contribution in [-0.4, -0.2) is 5.97 Å². The topological polar surface area (TPSA) is 26.3 Å². The quantitative estimate of drug-likeness (QED) is 0.322. The van der Waals surface area contributed by atoms with E-state index in [0.717, 1.165) is 27.5 Å². The molecule has 0 saturated heterocycles. The van der Waals surface area contributed by atoms with Crippen molar-refractivity contribution in [3.05, 3.63) is 90.0 Å². The average Bonchev–Trinajstić information content (AvgIpc) is 2.81. The Balaban J connectivity index is 2.13. The van der Waals surface area contributed by atoms with Crippen LogP contribution in [0.15, 0.2) is 93.5 Å². The van der Waals surface area contributed by atoms with Gasteiger partial charge in [-0.2, -0.15) is 0 Å². The molecular formula is C28H34O2S. The van der Waals surface area contributed by atoms with Crippen molar-refractivity contribution in [2.24, 2.45) is 0 Å². The largest absolute Gasteiger partial charge is 0.402 e. The van der Waals surface area contributed by atoms with Crippen LogP contribution in [0.5, 0.6) is 0 Å². The Morgan fingerprint density at radius 1 is 0.677 bits per heavy atom. The van der Waals surface area contributed by atoms with Crippen molar-refractivity contribution in [3.8, 4) is 0 Å². The van der Waals surface area contributed by atoms with Gasteiger partial charge in [-0.05, 0) is 83.5 Å². The Kier molecular flexibility index (Phi) is 8.36. The number of carbonyl (C=O) groups is 1. The molecule has 0 bridgehead atoms. The zero-order valence-corrected chi connectivity index (χ0v) is 19.8. The number of hydrogen-bond donors (Lipinski definition) is 0. The molecule has 0 aliphatic rings. The summed E-state index contributed by atoms with van der Waals surface area (Å²) in [6.45, 7) is 5.93. The van der Waals surface area contributed by atoms with E-state index < -0.39 is 10.3 Å². The van der Waals surface area contributed by atoms with Crippen molar-refractivity contribution >= 4 is 16.3 Å². The van der Waals surface area contributed by atoms with Gasteiger partial charge in [-0.3, -0.25) is 4.79 Å². The van der Waals surface area contributed by atoms with Crippen molar-refractivity contribution in [1.29, 1.82) is 0 Å². The Bertz CT molecular complexity index is 895. The molecule has 3 rings (SSSR count). The summed E-state index contributed by atoms with van der Waals surface area (Å²) in [5, 5.41) is 0. The first-order chi connectivity index (χ1) is 15.1. The Morgan fingerprint density at radius 3 is 1.48 bits per heavy atom. The predicted octanol–water partition coefficient (Wildman–Crippen LogP) is 8.13. The molecular weight excluding hydrogens is 400 g/mol. The minimum absolute atomic E-state index is 0.260. The van der Waals surface area contributed by atoms with Gasteiger partial charge in [-0.15, -0.1) is 0 Å². The van der Waals surface area contributed by atoms with Crippen molar-refractivity contribution in [1.82, 2.24) is 0 Å². The Morgan fingerprint density at radius 2 is 1.10 bits per heavy atom. The van der Waals surface area contributed by atoms with Gasteiger partial charge in [0, 0.05) is 21.6 Å². The standard InChI is InChI=1S/C28H34O2S/c1-4-6-11-24-15-19-27(20-16-24)31(30-23(3)29,26-13-9-8-10-14-26)28-21-17-25(18-22-28)12-7-5-2/h8-10,13-22H,4-7,11-12H2,1-3H3. The highest BCUT2D eigenvalue weighted by Gasteiger charge is 2.34. The van der Waals surface area contributed by atoms with Crippen LogP contribution in [0.25, 0.3) is 0 Å². The molecule has 0 fully saturated rings. The number of aryl methyl sites for hydroxylation is 2. The molecule has 0 N–H and O–H groups in total. The van der Waals surface area contributed by atoms with Gasteiger partial charge in [0.05, 0.1) is 0 Å². The molecule has 3 aromatic carbocycles. The molecule has 0 aromatic heterocycles. The fourth-order valence-electron chi connectivity index (χ4n) is 3.80. The first-order valence-electron chi connectivity index (χ1n) is 11.4. The van der Waals surface area contributed by atoms with E-state index in [-0.39, 0.29) is 5.97 Å². The van der Waals surface area contributed by atoms with Crippen LogP contribution >= 0.6 is 10.3 Å². The molecule has 0 spiro atoms. The minimum atomic E-state index is -2.16. The first kappa shape index (κ1) is 23.1. The first-order valence-corrected chi connectivity index (χ1v) is 12.9. The fourth-order valence-corrected chi connectivity index (χ4v) is 6.83. The van der Waals surface area contributed by atoms with Gasteiger partial charge in [-0.25, -0.2) is 0 Å². The maximum Gasteiger partial charge on any atom is 0.313 e. The summed E-state index contributed by atoms with van der Waals surface area (Å²) >= 11 is 0. The van der Waals surface area contributed by atoms with Crippen LogP contribution in [0.4, 0.5) is 0 Å². The summed E-state index contributed by atoms with van der Waals surface area (Å²) in [4.78, 5) is 15.5. The SMILES string of the molecule is CCCCc1ccc(S(OC(C)=O)(c2ccccc2)c2ccc(CCCC)cc2)cc1. The fraction of sp³-hybridized carbons (Fsp3) is 0.321. The van der Waals surface area contributed by atoms with Gasteiger partial charge in [-0.1, -0.05) is 69.2 Å². The average molecular weight is 435 g/mol. The predicted molar refractivity (Wildman–Crippen MR) is 131 cm³/mol. The van der Waals surface area contributed by atoms with Gasteiger partial charge in [0.2, 0.25) is 0 Å². The lowest BCUT2D eigenvalue weighted by molar-refractivity contribution is -0.131. The molecule has 3 aromatic rings. The molecule has 3 heteroatoms. The van der Waals surface area contributed by atoms with Crippen molar-refractivity contribution in [2.75, 3.05) is 0 Å². The normalized spacial score (nSPS) is 11.8. The van der Waals surface area contributed by atoms with Gasteiger partial charge in [0.25, 0.3) is 0 Å². The number of hydrogen-bond acceptors (Lipinski definition) is 2. The second-order valence-electron chi connectivity index (χ2n) is 7.94. The molecule has 2 nitrogen and oxygen atoms in total. The molecule has 0 saturated carbocycles. The highest BCUT2D eigenvalue weighted by Crippen LogP contribution is 2.69. The van der Waals surface area contributed by atoms with Gasteiger partial charge in [0.1, 0.15) is 0 Å². The second-order valence-corrected chi connectivity index (χ2v) is 10.6. The molecule has 0 aliphatic carbocycles. The Labute approximate surface area is 189 Å². The van der Waals surface area contributed by atoms with Crippen molar-refractivity contribution < 1.29 is 8.98 Å². The van der Waals surface area contributed by atoms with Crippen molar-refractivity contribution in [2.45, 2.75) is 74.0 Å². The molecule has 31 heavy (non-hydrogen) atoms. The van der Waals surface area contributed by atoms with E-state index in [4.69, 9.17) is 4.18 Å². The van der Waals surface area contributed by atoms with Crippen LogP contribution in [0.2, 0.25) is 0 Å². The minimum Gasteiger partial charge on any atom is -0.402 e. The molecule has 0 heterocycles. The van der Waals surface area contributed by atoms with E-state index in [1.54, 1.807) is 0 Å².